The lowest BCUT2D eigenvalue weighted by molar-refractivity contribution is 0.0384. The molecule has 12 heavy (non-hydrogen) atoms. The van der Waals surface area contributed by atoms with Crippen LogP contribution in [-0.4, -0.2) is 44.3 Å². The van der Waals surface area contributed by atoms with Gasteiger partial charge in [0.2, 0.25) is 0 Å². The van der Waals surface area contributed by atoms with E-state index in [1.807, 2.05) is 0 Å². The first kappa shape index (κ1) is 9.71. The Hall–Kier alpha value is -0.380. The third-order valence-corrected chi connectivity index (χ3v) is 2.17. The highest BCUT2D eigenvalue weighted by atomic mass is 16.5. The van der Waals surface area contributed by atoms with E-state index in [0.717, 1.165) is 44.8 Å². The van der Waals surface area contributed by atoms with Crippen molar-refractivity contribution in [1.29, 1.82) is 0 Å². The summed E-state index contributed by atoms with van der Waals surface area (Å²) in [6, 6.07) is 0. The number of morpholine rings is 1. The molecule has 0 bridgehead atoms. The molecule has 0 amide bonds. The van der Waals surface area contributed by atoms with Crippen molar-refractivity contribution in [2.45, 2.75) is 6.42 Å². The van der Waals surface area contributed by atoms with E-state index in [0.29, 0.717) is 6.54 Å². The molecule has 0 unspecified atom stereocenters. The second-order valence-corrected chi connectivity index (χ2v) is 3.16. The lowest BCUT2D eigenvalue weighted by Crippen LogP contribution is -2.37. The van der Waals surface area contributed by atoms with Crippen LogP contribution in [-0.2, 0) is 4.74 Å². The Balaban J connectivity index is 2.09. The molecule has 0 aromatic carbocycles. The predicted octanol–water partition coefficient (Wildman–Crippen LogP) is 0.224. The summed E-state index contributed by atoms with van der Waals surface area (Å²) in [6.07, 6.45) is 1.02. The van der Waals surface area contributed by atoms with Crippen molar-refractivity contribution in [2.24, 2.45) is 5.73 Å². The highest BCUT2D eigenvalue weighted by Crippen LogP contribution is 2.01. The fourth-order valence-corrected chi connectivity index (χ4v) is 1.24. The van der Waals surface area contributed by atoms with E-state index in [4.69, 9.17) is 10.5 Å². The maximum absolute atomic E-state index is 5.44. The molecule has 2 N–H and O–H groups in total. The zero-order valence-electron chi connectivity index (χ0n) is 7.59. The summed E-state index contributed by atoms with van der Waals surface area (Å²) >= 11 is 0. The lowest BCUT2D eigenvalue weighted by Gasteiger charge is -2.26. The number of nitrogens with two attached hydrogens (primary N) is 1. The van der Waals surface area contributed by atoms with E-state index in [2.05, 4.69) is 11.5 Å². The summed E-state index contributed by atoms with van der Waals surface area (Å²) in [6.45, 7) is 9.42. The van der Waals surface area contributed by atoms with Crippen molar-refractivity contribution < 1.29 is 4.74 Å². The van der Waals surface area contributed by atoms with Crippen LogP contribution in [0.2, 0.25) is 0 Å². The zero-order valence-corrected chi connectivity index (χ0v) is 7.59. The van der Waals surface area contributed by atoms with Gasteiger partial charge in [-0.05, 0) is 6.42 Å². The predicted molar refractivity (Wildman–Crippen MR) is 50.1 cm³/mol. The Bertz CT molecular complexity index is 141. The Morgan fingerprint density at radius 1 is 1.42 bits per heavy atom. The number of nitrogens with zero attached hydrogens (tertiary/aromatic N) is 1. The SMILES string of the molecule is C=C(CN)CCN1CCOCC1. The standard InChI is InChI=1S/C9H18N2O/c1-9(8-10)2-3-11-4-6-12-7-5-11/h1-8,10H2. The van der Waals surface area contributed by atoms with E-state index in [1.165, 1.54) is 0 Å². The first-order valence-electron chi connectivity index (χ1n) is 4.49. The van der Waals surface area contributed by atoms with Crippen LogP contribution in [0.4, 0.5) is 0 Å². The van der Waals surface area contributed by atoms with Crippen molar-refractivity contribution in [2.75, 3.05) is 39.4 Å². The van der Waals surface area contributed by atoms with Crippen molar-refractivity contribution in [3.63, 3.8) is 0 Å². The number of rotatable bonds is 4. The van der Waals surface area contributed by atoms with Crippen LogP contribution in [0.3, 0.4) is 0 Å². The normalized spacial score (nSPS) is 19.4. The largest absolute Gasteiger partial charge is 0.379 e. The summed E-state index contributed by atoms with van der Waals surface area (Å²) < 4.78 is 5.24. The van der Waals surface area contributed by atoms with Crippen LogP contribution >= 0.6 is 0 Å². The molecule has 1 aliphatic rings. The van der Waals surface area contributed by atoms with Gasteiger partial charge in [-0.15, -0.1) is 0 Å². The monoisotopic (exact) mass is 170 g/mol. The van der Waals surface area contributed by atoms with E-state index in [9.17, 15) is 0 Å². The maximum Gasteiger partial charge on any atom is 0.0594 e. The van der Waals surface area contributed by atoms with Crippen LogP contribution in [0.15, 0.2) is 12.2 Å². The van der Waals surface area contributed by atoms with Gasteiger partial charge in [0.05, 0.1) is 13.2 Å². The van der Waals surface area contributed by atoms with Crippen molar-refractivity contribution >= 4 is 0 Å². The molecule has 3 nitrogen and oxygen atoms in total. The molecule has 70 valence electrons. The van der Waals surface area contributed by atoms with Crippen LogP contribution in [0.1, 0.15) is 6.42 Å². The molecule has 3 heteroatoms. The molecule has 1 saturated heterocycles. The molecule has 1 heterocycles. The van der Waals surface area contributed by atoms with Gasteiger partial charge in [0.1, 0.15) is 0 Å². The molecular formula is C9H18N2O. The summed E-state index contributed by atoms with van der Waals surface area (Å²) in [7, 11) is 0. The molecule has 1 fully saturated rings. The average molecular weight is 170 g/mol. The van der Waals surface area contributed by atoms with E-state index < -0.39 is 0 Å². The van der Waals surface area contributed by atoms with Gasteiger partial charge in [-0.1, -0.05) is 12.2 Å². The van der Waals surface area contributed by atoms with E-state index in [1.54, 1.807) is 0 Å². The van der Waals surface area contributed by atoms with Crippen LogP contribution < -0.4 is 5.73 Å². The van der Waals surface area contributed by atoms with Gasteiger partial charge in [-0.3, -0.25) is 4.90 Å². The van der Waals surface area contributed by atoms with Gasteiger partial charge in [0.25, 0.3) is 0 Å². The zero-order chi connectivity index (χ0) is 8.81. The Kier molecular flexibility index (Phi) is 4.29. The molecule has 1 rings (SSSR count). The molecule has 0 aromatic heterocycles. The second kappa shape index (κ2) is 5.30. The van der Waals surface area contributed by atoms with Crippen LogP contribution in [0, 0.1) is 0 Å². The molecule has 0 radical (unpaired) electrons. The Labute approximate surface area is 74.2 Å². The number of hydrogen-bond donors (Lipinski definition) is 1. The van der Waals surface area contributed by atoms with Crippen LogP contribution in [0.5, 0.6) is 0 Å². The highest BCUT2D eigenvalue weighted by Gasteiger charge is 2.09. The van der Waals surface area contributed by atoms with Gasteiger partial charge in [0.15, 0.2) is 0 Å². The third kappa shape index (κ3) is 3.34. The van der Waals surface area contributed by atoms with Gasteiger partial charge in [-0.2, -0.15) is 0 Å². The van der Waals surface area contributed by atoms with Gasteiger partial charge in [-0.25, -0.2) is 0 Å². The van der Waals surface area contributed by atoms with Gasteiger partial charge in [0, 0.05) is 26.2 Å². The molecule has 0 atom stereocenters. The van der Waals surface area contributed by atoms with Crippen molar-refractivity contribution in [1.82, 2.24) is 4.90 Å². The first-order chi connectivity index (χ1) is 5.83. The minimum atomic E-state index is 0.615. The Morgan fingerprint density at radius 2 is 2.08 bits per heavy atom. The molecule has 0 spiro atoms. The summed E-state index contributed by atoms with van der Waals surface area (Å²) in [4.78, 5) is 2.39. The minimum absolute atomic E-state index is 0.615. The molecule has 0 saturated carbocycles. The molecule has 1 aliphatic heterocycles. The topological polar surface area (TPSA) is 38.5 Å². The van der Waals surface area contributed by atoms with Crippen LogP contribution in [0.25, 0.3) is 0 Å². The van der Waals surface area contributed by atoms with Crippen molar-refractivity contribution in [3.8, 4) is 0 Å². The number of hydrogen-bond acceptors (Lipinski definition) is 3. The fraction of sp³-hybridized carbons (Fsp3) is 0.778. The molecule has 0 aliphatic carbocycles. The van der Waals surface area contributed by atoms with E-state index >= 15 is 0 Å². The van der Waals surface area contributed by atoms with E-state index in [-0.39, 0.29) is 0 Å². The second-order valence-electron chi connectivity index (χ2n) is 3.16. The summed E-state index contributed by atoms with van der Waals surface area (Å²) in [5, 5.41) is 0. The minimum Gasteiger partial charge on any atom is -0.379 e. The fourth-order valence-electron chi connectivity index (χ4n) is 1.24. The maximum atomic E-state index is 5.44. The average Bonchev–Trinajstić information content (AvgIpc) is 2.16. The first-order valence-corrected chi connectivity index (χ1v) is 4.49. The van der Waals surface area contributed by atoms with Gasteiger partial charge < -0.3 is 10.5 Å². The lowest BCUT2D eigenvalue weighted by atomic mass is 10.2. The molecule has 0 aromatic rings. The summed E-state index contributed by atoms with van der Waals surface area (Å²) in [5.74, 6) is 0. The quantitative estimate of drug-likeness (QED) is 0.614. The third-order valence-electron chi connectivity index (χ3n) is 2.17. The smallest absolute Gasteiger partial charge is 0.0594 e. The van der Waals surface area contributed by atoms with Crippen molar-refractivity contribution in [3.05, 3.63) is 12.2 Å². The Morgan fingerprint density at radius 3 is 2.67 bits per heavy atom. The van der Waals surface area contributed by atoms with Gasteiger partial charge >= 0.3 is 0 Å². The summed E-state index contributed by atoms with van der Waals surface area (Å²) in [5.41, 5.74) is 6.59. The highest BCUT2D eigenvalue weighted by molar-refractivity contribution is 4.95. The molecular weight excluding hydrogens is 152 g/mol. The number of ether oxygens (including phenoxy) is 1.